The molecule has 2 amide bonds. The monoisotopic (exact) mass is 507 g/mol. The summed E-state index contributed by atoms with van der Waals surface area (Å²) in [5.74, 6) is -1.14. The van der Waals surface area contributed by atoms with Crippen LogP contribution >= 0.6 is 0 Å². The van der Waals surface area contributed by atoms with Crippen LogP contribution in [0.4, 0.5) is 15.9 Å². The number of hydrogen-bond acceptors (Lipinski definition) is 6. The summed E-state index contributed by atoms with van der Waals surface area (Å²) in [5, 5.41) is 10.0. The number of halogens is 1. The van der Waals surface area contributed by atoms with E-state index >= 15 is 0 Å². The molecule has 196 valence electrons. The molecular weight excluding hydrogens is 473 g/mol. The third-order valence-electron chi connectivity index (χ3n) is 5.85. The highest BCUT2D eigenvalue weighted by Gasteiger charge is 2.19. The van der Waals surface area contributed by atoms with E-state index in [9.17, 15) is 14.0 Å². The number of carbonyl (C=O) groups excluding carboxylic acids is 2. The minimum absolute atomic E-state index is 0.0123. The van der Waals surface area contributed by atoms with Gasteiger partial charge in [-0.15, -0.1) is 0 Å². The molecule has 9 nitrogen and oxygen atoms in total. The lowest BCUT2D eigenvalue weighted by molar-refractivity contribution is -0.124. The smallest absolute Gasteiger partial charge is 0.275 e. The number of carbonyl (C=O) groups is 2. The van der Waals surface area contributed by atoms with Gasteiger partial charge in [-0.2, -0.15) is 5.10 Å². The third-order valence-corrected chi connectivity index (χ3v) is 5.85. The van der Waals surface area contributed by atoms with Gasteiger partial charge in [0, 0.05) is 50.4 Å². The van der Waals surface area contributed by atoms with Gasteiger partial charge in [0.2, 0.25) is 0 Å². The van der Waals surface area contributed by atoms with Crippen LogP contribution < -0.4 is 10.6 Å². The van der Waals surface area contributed by atoms with Gasteiger partial charge in [-0.1, -0.05) is 33.8 Å². The Morgan fingerprint density at radius 1 is 1.11 bits per heavy atom. The molecule has 0 aliphatic heterocycles. The van der Waals surface area contributed by atoms with Gasteiger partial charge in [0.25, 0.3) is 11.8 Å². The Kier molecular flexibility index (Phi) is 8.10. The lowest BCUT2D eigenvalue weighted by atomic mass is 9.93. The van der Waals surface area contributed by atoms with Crippen LogP contribution in [0, 0.1) is 12.7 Å². The number of benzene rings is 1. The van der Waals surface area contributed by atoms with Crippen molar-refractivity contribution in [2.75, 3.05) is 24.7 Å². The van der Waals surface area contributed by atoms with Crippen molar-refractivity contribution >= 4 is 23.3 Å². The number of hydrogen-bond donors (Lipinski definition) is 2. The van der Waals surface area contributed by atoms with Crippen LogP contribution in [0.1, 0.15) is 61.1 Å². The fourth-order valence-electron chi connectivity index (χ4n) is 3.45. The first kappa shape index (κ1) is 27.5. The summed E-state index contributed by atoms with van der Waals surface area (Å²) in [7, 11) is 5.14. The fourth-order valence-corrected chi connectivity index (χ4v) is 3.45. The van der Waals surface area contributed by atoms with Gasteiger partial charge >= 0.3 is 0 Å². The Bertz CT molecular complexity index is 1300. The zero-order valence-electron chi connectivity index (χ0n) is 22.5. The van der Waals surface area contributed by atoms with E-state index in [1.54, 1.807) is 43.2 Å². The minimum Gasteiger partial charge on any atom is -0.344 e. The first-order valence-corrected chi connectivity index (χ1v) is 11.9. The summed E-state index contributed by atoms with van der Waals surface area (Å²) in [5.41, 5.74) is 2.61. The molecule has 1 atom stereocenters. The molecule has 0 saturated carbocycles. The van der Waals surface area contributed by atoms with Gasteiger partial charge in [0.1, 0.15) is 17.2 Å². The summed E-state index contributed by atoms with van der Waals surface area (Å²) < 4.78 is 16.3. The molecule has 2 aromatic heterocycles. The highest BCUT2D eigenvalue weighted by atomic mass is 19.1. The van der Waals surface area contributed by atoms with Crippen molar-refractivity contribution in [2.45, 2.75) is 46.0 Å². The molecule has 0 bridgehead atoms. The number of nitrogens with one attached hydrogen (secondary N) is 2. The molecule has 10 heteroatoms. The van der Waals surface area contributed by atoms with Gasteiger partial charge in [0.15, 0.2) is 5.82 Å². The predicted octanol–water partition coefficient (Wildman–Crippen LogP) is 4.40. The quantitative estimate of drug-likeness (QED) is 0.460. The summed E-state index contributed by atoms with van der Waals surface area (Å²) in [4.78, 5) is 35.5. The van der Waals surface area contributed by atoms with E-state index in [1.165, 1.54) is 17.2 Å². The molecule has 2 heterocycles. The standard InChI is InChI=1S/C27H34FN7O2/c1-16(11-21(26(37)34(6)7)31-24-12-17(2)35(8)33-24)18-9-10-19(28)20(13-18)32-25(36)22-14-30-23(15-29-22)27(3,4)5/h9-16H,1-8H3,(H,31,33)(H,32,36)/b21-11+. The van der Waals surface area contributed by atoms with Crippen LogP contribution in [0.2, 0.25) is 0 Å². The van der Waals surface area contributed by atoms with Crippen LogP contribution in [0.25, 0.3) is 0 Å². The zero-order valence-corrected chi connectivity index (χ0v) is 22.5. The van der Waals surface area contributed by atoms with Gasteiger partial charge in [-0.3, -0.25) is 19.3 Å². The van der Waals surface area contributed by atoms with E-state index in [-0.39, 0.29) is 28.6 Å². The van der Waals surface area contributed by atoms with Gasteiger partial charge in [0.05, 0.1) is 17.6 Å². The second-order valence-electron chi connectivity index (χ2n) is 10.2. The lowest BCUT2D eigenvalue weighted by Gasteiger charge is -2.17. The Hall–Kier alpha value is -4.08. The predicted molar refractivity (Wildman–Crippen MR) is 142 cm³/mol. The first-order chi connectivity index (χ1) is 17.3. The molecule has 1 unspecified atom stereocenters. The number of rotatable bonds is 7. The molecule has 3 aromatic rings. The number of anilines is 2. The number of allylic oxidation sites excluding steroid dienone is 1. The van der Waals surface area contributed by atoms with E-state index < -0.39 is 11.7 Å². The average molecular weight is 508 g/mol. The molecular formula is C27H34FN7O2. The molecule has 3 rings (SSSR count). The number of aromatic nitrogens is 4. The molecule has 0 spiro atoms. The largest absolute Gasteiger partial charge is 0.344 e. The Labute approximate surface area is 216 Å². The molecule has 0 aliphatic carbocycles. The van der Waals surface area contributed by atoms with Crippen molar-refractivity contribution < 1.29 is 14.0 Å². The van der Waals surface area contributed by atoms with E-state index in [0.29, 0.717) is 17.1 Å². The van der Waals surface area contributed by atoms with Crippen LogP contribution in [0.15, 0.2) is 48.4 Å². The molecule has 0 aliphatic rings. The van der Waals surface area contributed by atoms with Gasteiger partial charge < -0.3 is 15.5 Å². The summed E-state index contributed by atoms with van der Waals surface area (Å²) in [6.45, 7) is 9.79. The van der Waals surface area contributed by atoms with Gasteiger partial charge in [-0.25, -0.2) is 9.37 Å². The fraction of sp³-hybridized carbons (Fsp3) is 0.370. The highest BCUT2D eigenvalue weighted by Crippen LogP contribution is 2.26. The lowest BCUT2D eigenvalue weighted by Crippen LogP contribution is -2.27. The first-order valence-electron chi connectivity index (χ1n) is 11.9. The summed E-state index contributed by atoms with van der Waals surface area (Å²) in [6.07, 6.45) is 4.68. The van der Waals surface area contributed by atoms with E-state index in [4.69, 9.17) is 0 Å². The molecule has 0 fully saturated rings. The number of amides is 2. The topological polar surface area (TPSA) is 105 Å². The summed E-state index contributed by atoms with van der Waals surface area (Å²) in [6, 6.07) is 6.29. The maximum absolute atomic E-state index is 14.6. The van der Waals surface area contributed by atoms with Crippen molar-refractivity contribution in [2.24, 2.45) is 7.05 Å². The van der Waals surface area contributed by atoms with Crippen molar-refractivity contribution in [3.63, 3.8) is 0 Å². The van der Waals surface area contributed by atoms with Crippen LogP contribution in [-0.4, -0.2) is 50.6 Å². The van der Waals surface area contributed by atoms with Crippen LogP contribution in [0.3, 0.4) is 0 Å². The van der Waals surface area contributed by atoms with Crippen LogP contribution in [-0.2, 0) is 17.3 Å². The van der Waals surface area contributed by atoms with E-state index in [0.717, 1.165) is 11.4 Å². The molecule has 37 heavy (non-hydrogen) atoms. The van der Waals surface area contributed by atoms with Crippen molar-refractivity contribution in [1.29, 1.82) is 0 Å². The van der Waals surface area contributed by atoms with E-state index in [2.05, 4.69) is 25.7 Å². The maximum atomic E-state index is 14.6. The summed E-state index contributed by atoms with van der Waals surface area (Å²) >= 11 is 0. The number of aryl methyl sites for hydroxylation is 2. The third kappa shape index (κ3) is 6.78. The average Bonchev–Trinajstić information content (AvgIpc) is 3.15. The van der Waals surface area contributed by atoms with Crippen molar-refractivity contribution in [1.82, 2.24) is 24.6 Å². The molecule has 0 radical (unpaired) electrons. The normalized spacial score (nSPS) is 12.7. The van der Waals surface area contributed by atoms with Crippen LogP contribution in [0.5, 0.6) is 0 Å². The Morgan fingerprint density at radius 2 is 1.81 bits per heavy atom. The van der Waals surface area contributed by atoms with Crippen molar-refractivity contribution in [3.05, 3.63) is 76.9 Å². The minimum atomic E-state index is -0.584. The number of nitrogens with zero attached hydrogens (tertiary/aromatic N) is 5. The molecule has 1 aromatic carbocycles. The van der Waals surface area contributed by atoms with Gasteiger partial charge in [-0.05, 0) is 30.7 Å². The Balaban J connectivity index is 1.85. The van der Waals surface area contributed by atoms with Crippen molar-refractivity contribution in [3.8, 4) is 0 Å². The second-order valence-corrected chi connectivity index (χ2v) is 10.2. The Morgan fingerprint density at radius 3 is 2.35 bits per heavy atom. The SMILES string of the molecule is Cc1cc(N/C(=C/C(C)c2ccc(F)c(NC(=O)c3cnc(C(C)(C)C)cn3)c2)C(=O)N(C)C)nn1C. The highest BCUT2D eigenvalue weighted by molar-refractivity contribution is 6.02. The maximum Gasteiger partial charge on any atom is 0.275 e. The number of likely N-dealkylation sites (N-methyl/N-ethyl adjacent to an activating group) is 1. The zero-order chi connectivity index (χ0) is 27.5. The van der Waals surface area contributed by atoms with E-state index in [1.807, 2.05) is 47.7 Å². The second kappa shape index (κ2) is 10.9. The molecule has 0 saturated heterocycles. The molecule has 2 N–H and O–H groups in total.